The van der Waals surface area contributed by atoms with Crippen molar-refractivity contribution in [2.45, 2.75) is 52.7 Å². The lowest BCUT2D eigenvalue weighted by atomic mass is 10.0. The lowest BCUT2D eigenvalue weighted by Gasteiger charge is -2.35. The molecule has 2 N–H and O–H groups in total. The van der Waals surface area contributed by atoms with Crippen LogP contribution in [-0.2, 0) is 14.3 Å². The van der Waals surface area contributed by atoms with Crippen LogP contribution in [-0.4, -0.2) is 65.5 Å². The average molecular weight is 381 g/mol. The Kier molecular flexibility index (Phi) is 9.25. The van der Waals surface area contributed by atoms with E-state index < -0.39 is 11.9 Å². The van der Waals surface area contributed by atoms with Crippen LogP contribution in [0.3, 0.4) is 0 Å². The number of carboxylic acids is 2. The smallest absolute Gasteiger partial charge is 0.414 e. The Hall–Kier alpha value is -2.12. The van der Waals surface area contributed by atoms with Gasteiger partial charge in [0.05, 0.1) is 12.2 Å². The Balaban J connectivity index is 0.000000527. The predicted molar refractivity (Wildman–Crippen MR) is 102 cm³/mol. The van der Waals surface area contributed by atoms with Gasteiger partial charge in [-0.2, -0.15) is 0 Å². The molecule has 2 atom stereocenters. The van der Waals surface area contributed by atoms with Gasteiger partial charge in [-0.3, -0.25) is 4.90 Å². The average Bonchev–Trinajstić information content (AvgIpc) is 2.56. The van der Waals surface area contributed by atoms with Gasteiger partial charge in [0.15, 0.2) is 0 Å². The third kappa shape index (κ3) is 8.41. The van der Waals surface area contributed by atoms with E-state index in [2.05, 4.69) is 57.7 Å². The Labute approximate surface area is 160 Å². The molecule has 1 aliphatic rings. The first-order chi connectivity index (χ1) is 12.6. The van der Waals surface area contributed by atoms with Gasteiger partial charge in [-0.25, -0.2) is 9.59 Å². The second kappa shape index (κ2) is 10.9. The van der Waals surface area contributed by atoms with Crippen molar-refractivity contribution in [2.75, 3.05) is 26.2 Å². The van der Waals surface area contributed by atoms with Crippen molar-refractivity contribution in [3.63, 3.8) is 0 Å². The number of hydrogen-bond acceptors (Lipinski definition) is 5. The van der Waals surface area contributed by atoms with Crippen LogP contribution in [0.5, 0.6) is 5.75 Å². The quantitative estimate of drug-likeness (QED) is 0.757. The summed E-state index contributed by atoms with van der Waals surface area (Å²) in [4.78, 5) is 20.6. The van der Waals surface area contributed by atoms with Crippen molar-refractivity contribution in [3.05, 3.63) is 29.3 Å². The maximum absolute atomic E-state index is 9.10. The number of carbonyl (C=O) groups is 2. The summed E-state index contributed by atoms with van der Waals surface area (Å²) >= 11 is 0. The number of rotatable bonds is 5. The molecule has 27 heavy (non-hydrogen) atoms. The lowest BCUT2D eigenvalue weighted by Crippen LogP contribution is -2.46. The first-order valence-corrected chi connectivity index (χ1v) is 9.17. The summed E-state index contributed by atoms with van der Waals surface area (Å²) in [7, 11) is 0. The molecule has 2 rings (SSSR count). The van der Waals surface area contributed by atoms with Gasteiger partial charge in [-0.1, -0.05) is 26.0 Å². The molecule has 2 unspecified atom stereocenters. The fourth-order valence-electron chi connectivity index (χ4n) is 2.88. The largest absolute Gasteiger partial charge is 0.492 e. The Morgan fingerprint density at radius 2 is 1.74 bits per heavy atom. The van der Waals surface area contributed by atoms with Crippen molar-refractivity contribution < 1.29 is 29.3 Å². The van der Waals surface area contributed by atoms with E-state index in [-0.39, 0.29) is 0 Å². The van der Waals surface area contributed by atoms with Gasteiger partial charge in [-0.05, 0) is 43.9 Å². The maximum Gasteiger partial charge on any atom is 0.414 e. The monoisotopic (exact) mass is 381 g/mol. The highest BCUT2D eigenvalue weighted by Gasteiger charge is 2.21. The number of ether oxygens (including phenoxy) is 2. The van der Waals surface area contributed by atoms with E-state index in [9.17, 15) is 0 Å². The third-order valence-corrected chi connectivity index (χ3v) is 4.22. The molecule has 0 amide bonds. The lowest BCUT2D eigenvalue weighted by molar-refractivity contribution is -0.159. The molecule has 0 bridgehead atoms. The fourth-order valence-corrected chi connectivity index (χ4v) is 2.88. The molecule has 1 aromatic rings. The van der Waals surface area contributed by atoms with E-state index in [0.29, 0.717) is 18.1 Å². The fraction of sp³-hybridized carbons (Fsp3) is 0.600. The molecule has 7 nitrogen and oxygen atoms in total. The summed E-state index contributed by atoms with van der Waals surface area (Å²) in [6.07, 6.45) is 0.638. The van der Waals surface area contributed by atoms with Gasteiger partial charge < -0.3 is 19.7 Å². The first kappa shape index (κ1) is 22.9. The number of morpholine rings is 1. The van der Waals surface area contributed by atoms with Crippen LogP contribution in [0, 0.1) is 6.92 Å². The van der Waals surface area contributed by atoms with Gasteiger partial charge in [0.1, 0.15) is 12.4 Å². The SMILES string of the molecule is Cc1ccc(C(C)C)cc1OCCN1CC(C)OC(C)C1.O=C(O)C(=O)O. The maximum atomic E-state index is 9.10. The molecule has 1 aliphatic heterocycles. The highest BCUT2D eigenvalue weighted by molar-refractivity contribution is 6.27. The summed E-state index contributed by atoms with van der Waals surface area (Å²) in [5.41, 5.74) is 2.55. The molecule has 0 saturated carbocycles. The molecule has 1 heterocycles. The van der Waals surface area contributed by atoms with Crippen molar-refractivity contribution in [3.8, 4) is 5.75 Å². The Morgan fingerprint density at radius 3 is 2.22 bits per heavy atom. The minimum atomic E-state index is -1.82. The summed E-state index contributed by atoms with van der Waals surface area (Å²) in [5, 5.41) is 14.8. The second-order valence-corrected chi connectivity index (χ2v) is 7.16. The molecule has 1 saturated heterocycles. The van der Waals surface area contributed by atoms with Gasteiger partial charge >= 0.3 is 11.9 Å². The minimum absolute atomic E-state index is 0.319. The molecular formula is C20H31NO6. The summed E-state index contributed by atoms with van der Waals surface area (Å²) in [6.45, 7) is 14.5. The topological polar surface area (TPSA) is 96.3 Å². The van der Waals surface area contributed by atoms with E-state index in [1.165, 1.54) is 11.1 Å². The number of hydrogen-bond donors (Lipinski definition) is 2. The molecule has 1 fully saturated rings. The van der Waals surface area contributed by atoms with Gasteiger partial charge in [0, 0.05) is 19.6 Å². The highest BCUT2D eigenvalue weighted by Crippen LogP contribution is 2.24. The second-order valence-electron chi connectivity index (χ2n) is 7.16. The van der Waals surface area contributed by atoms with Crippen LogP contribution in [0.15, 0.2) is 18.2 Å². The summed E-state index contributed by atoms with van der Waals surface area (Å²) in [5.74, 6) is -2.09. The third-order valence-electron chi connectivity index (χ3n) is 4.22. The van der Waals surface area contributed by atoms with Crippen molar-refractivity contribution in [2.24, 2.45) is 0 Å². The van der Waals surface area contributed by atoms with Crippen molar-refractivity contribution >= 4 is 11.9 Å². The number of carboxylic acid groups (broad SMARTS) is 2. The summed E-state index contributed by atoms with van der Waals surface area (Å²) in [6, 6.07) is 6.53. The highest BCUT2D eigenvalue weighted by atomic mass is 16.5. The van der Waals surface area contributed by atoms with Gasteiger partial charge in [0.25, 0.3) is 0 Å². The Bertz CT molecular complexity index is 609. The van der Waals surface area contributed by atoms with Crippen LogP contribution >= 0.6 is 0 Å². The molecule has 0 spiro atoms. The van der Waals surface area contributed by atoms with E-state index >= 15 is 0 Å². The Morgan fingerprint density at radius 1 is 1.19 bits per heavy atom. The van der Waals surface area contributed by atoms with Crippen LogP contribution in [0.2, 0.25) is 0 Å². The molecular weight excluding hydrogens is 350 g/mol. The normalized spacial score (nSPS) is 19.9. The number of aliphatic carboxylic acids is 2. The number of aryl methyl sites for hydroxylation is 1. The van der Waals surface area contributed by atoms with Crippen LogP contribution < -0.4 is 4.74 Å². The van der Waals surface area contributed by atoms with Crippen LogP contribution in [0.4, 0.5) is 0 Å². The van der Waals surface area contributed by atoms with E-state index in [1.54, 1.807) is 0 Å². The molecule has 0 aliphatic carbocycles. The number of benzene rings is 1. The van der Waals surface area contributed by atoms with E-state index in [4.69, 9.17) is 29.3 Å². The molecule has 7 heteroatoms. The minimum Gasteiger partial charge on any atom is -0.492 e. The standard InChI is InChI=1S/C18H29NO2.C2H2O4/c1-13(2)17-7-6-14(3)18(10-17)20-9-8-19-11-15(4)21-16(5)12-19;3-1(4)2(5)6/h6-7,10,13,15-16H,8-9,11-12H2,1-5H3;(H,3,4)(H,5,6). The van der Waals surface area contributed by atoms with Crippen molar-refractivity contribution in [1.29, 1.82) is 0 Å². The van der Waals surface area contributed by atoms with Crippen LogP contribution in [0.1, 0.15) is 44.7 Å². The zero-order valence-corrected chi connectivity index (χ0v) is 16.8. The predicted octanol–water partition coefficient (Wildman–Crippen LogP) is 2.76. The summed E-state index contributed by atoms with van der Waals surface area (Å²) < 4.78 is 11.8. The van der Waals surface area contributed by atoms with Crippen molar-refractivity contribution in [1.82, 2.24) is 4.90 Å². The number of nitrogens with zero attached hydrogens (tertiary/aromatic N) is 1. The zero-order valence-electron chi connectivity index (χ0n) is 16.8. The van der Waals surface area contributed by atoms with Gasteiger partial charge in [-0.15, -0.1) is 0 Å². The van der Waals surface area contributed by atoms with E-state index in [1.807, 2.05) is 0 Å². The first-order valence-electron chi connectivity index (χ1n) is 9.17. The molecule has 152 valence electrons. The van der Waals surface area contributed by atoms with E-state index in [0.717, 1.165) is 32.0 Å². The molecule has 0 radical (unpaired) electrons. The molecule has 1 aromatic carbocycles. The zero-order chi connectivity index (χ0) is 20.6. The van der Waals surface area contributed by atoms with Gasteiger partial charge in [0.2, 0.25) is 0 Å². The molecule has 0 aromatic heterocycles. The van der Waals surface area contributed by atoms with Crippen LogP contribution in [0.25, 0.3) is 0 Å².